The van der Waals surface area contributed by atoms with Crippen LogP contribution in [-0.4, -0.2) is 29.1 Å². The van der Waals surface area contributed by atoms with Gasteiger partial charge in [0, 0.05) is 4.47 Å². The van der Waals surface area contributed by atoms with Gasteiger partial charge < -0.3 is 14.9 Å². The first kappa shape index (κ1) is 12.7. The summed E-state index contributed by atoms with van der Waals surface area (Å²) in [4.78, 5) is 0. The molecule has 7 heteroatoms. The molecule has 0 saturated carbocycles. The number of benzene rings is 1. The van der Waals surface area contributed by atoms with E-state index < -0.39 is 0 Å². The Hall–Kier alpha value is -1.76. The molecule has 0 fully saturated rings. The highest BCUT2D eigenvalue weighted by atomic mass is 79.9. The highest BCUT2D eigenvalue weighted by Gasteiger charge is 2.09. The van der Waals surface area contributed by atoms with Crippen LogP contribution < -0.4 is 14.9 Å². The molecule has 0 radical (unpaired) electrons. The van der Waals surface area contributed by atoms with E-state index in [1.165, 1.54) is 0 Å². The third-order valence-corrected chi connectivity index (χ3v) is 3.16. The van der Waals surface area contributed by atoms with Crippen LogP contribution in [0.25, 0.3) is 0 Å². The Labute approximate surface area is 113 Å². The van der Waals surface area contributed by atoms with Gasteiger partial charge in [-0.05, 0) is 17.7 Å². The van der Waals surface area contributed by atoms with Gasteiger partial charge in [0.05, 0.1) is 20.8 Å². The molecule has 1 aromatic carbocycles. The number of methoxy groups -OCH3 is 2. The van der Waals surface area contributed by atoms with Gasteiger partial charge in [-0.1, -0.05) is 15.9 Å². The average molecular weight is 313 g/mol. The van der Waals surface area contributed by atoms with Crippen LogP contribution in [0.4, 0.5) is 0 Å². The zero-order valence-corrected chi connectivity index (χ0v) is 11.6. The Morgan fingerprint density at radius 3 is 2.39 bits per heavy atom. The van der Waals surface area contributed by atoms with Gasteiger partial charge >= 0.3 is 0 Å². The maximum atomic E-state index is 5.26. The Kier molecular flexibility index (Phi) is 4.03. The van der Waals surface area contributed by atoms with Gasteiger partial charge in [-0.2, -0.15) is 0 Å². The highest BCUT2D eigenvalue weighted by Crippen LogP contribution is 2.33. The number of nitrogens with zero attached hydrogens (tertiary/aromatic N) is 3. The first-order chi connectivity index (χ1) is 8.74. The zero-order chi connectivity index (χ0) is 13.0. The Balaban J connectivity index is 2.17. The van der Waals surface area contributed by atoms with Gasteiger partial charge in [-0.25, -0.2) is 4.68 Å². The van der Waals surface area contributed by atoms with E-state index in [9.17, 15) is 0 Å². The van der Waals surface area contributed by atoms with Gasteiger partial charge in [0.1, 0.15) is 12.7 Å². The van der Waals surface area contributed by atoms with E-state index in [1.807, 2.05) is 12.1 Å². The van der Waals surface area contributed by atoms with Crippen LogP contribution in [0.1, 0.15) is 5.56 Å². The van der Waals surface area contributed by atoms with Crippen molar-refractivity contribution >= 4 is 15.9 Å². The summed E-state index contributed by atoms with van der Waals surface area (Å²) in [6, 6.07) is 3.79. The summed E-state index contributed by atoms with van der Waals surface area (Å²) in [5.41, 5.74) is 4.18. The summed E-state index contributed by atoms with van der Waals surface area (Å²) < 4.78 is 13.1. The first-order valence-corrected chi connectivity index (χ1v) is 6.02. The molecule has 0 aliphatic rings. The summed E-state index contributed by atoms with van der Waals surface area (Å²) in [6.07, 6.45) is 3.18. The molecule has 1 aromatic heterocycles. The van der Waals surface area contributed by atoms with Crippen LogP contribution >= 0.6 is 15.9 Å². The fourth-order valence-electron chi connectivity index (χ4n) is 1.49. The number of hydrogen-bond acceptors (Lipinski definition) is 5. The molecule has 0 atom stereocenters. The largest absolute Gasteiger partial charge is 0.493 e. The number of ether oxygens (including phenoxy) is 2. The van der Waals surface area contributed by atoms with Crippen molar-refractivity contribution in [3.05, 3.63) is 34.8 Å². The quantitative estimate of drug-likeness (QED) is 0.912. The number of hydrogen-bond donors (Lipinski definition) is 1. The van der Waals surface area contributed by atoms with Crippen LogP contribution in [-0.2, 0) is 6.54 Å². The molecule has 2 rings (SSSR count). The summed E-state index contributed by atoms with van der Waals surface area (Å²) in [6.45, 7) is 0.610. The third kappa shape index (κ3) is 2.73. The van der Waals surface area contributed by atoms with E-state index in [2.05, 4.69) is 31.6 Å². The maximum absolute atomic E-state index is 5.26. The minimum Gasteiger partial charge on any atom is -0.493 e. The number of rotatable bonds is 5. The van der Waals surface area contributed by atoms with Gasteiger partial charge in [-0.15, -0.1) is 10.2 Å². The van der Waals surface area contributed by atoms with E-state index in [4.69, 9.17) is 9.47 Å². The van der Waals surface area contributed by atoms with E-state index in [0.717, 1.165) is 10.0 Å². The lowest BCUT2D eigenvalue weighted by Crippen LogP contribution is -2.12. The molecule has 96 valence electrons. The predicted molar refractivity (Wildman–Crippen MR) is 70.3 cm³/mol. The van der Waals surface area contributed by atoms with Crippen molar-refractivity contribution in [3.8, 4) is 11.5 Å². The van der Waals surface area contributed by atoms with Crippen molar-refractivity contribution in [2.24, 2.45) is 0 Å². The average Bonchev–Trinajstić information content (AvgIpc) is 2.90. The predicted octanol–water partition coefficient (Wildman–Crippen LogP) is 1.80. The van der Waals surface area contributed by atoms with Gasteiger partial charge in [0.25, 0.3) is 0 Å². The van der Waals surface area contributed by atoms with E-state index in [0.29, 0.717) is 18.0 Å². The molecular formula is C11H13BrN4O2. The molecule has 0 aliphatic heterocycles. The Bertz CT molecular complexity index is 516. The normalized spacial score (nSPS) is 10.2. The molecule has 0 saturated heterocycles. The molecule has 18 heavy (non-hydrogen) atoms. The lowest BCUT2D eigenvalue weighted by Gasteiger charge is -2.13. The minimum atomic E-state index is 0.610. The standard InChI is InChI=1S/C11H13BrN4O2/c1-17-10-3-8(9(12)4-11(10)18-2)5-15-16-6-13-14-7-16/h3-4,6-7,15H,5H2,1-2H3. The van der Waals surface area contributed by atoms with Crippen molar-refractivity contribution in [2.75, 3.05) is 19.6 Å². The second-order valence-electron chi connectivity index (χ2n) is 3.50. The lowest BCUT2D eigenvalue weighted by molar-refractivity contribution is 0.354. The number of nitrogens with one attached hydrogen (secondary N) is 1. The van der Waals surface area contributed by atoms with E-state index in [1.54, 1.807) is 31.6 Å². The third-order valence-electron chi connectivity index (χ3n) is 2.42. The Morgan fingerprint density at radius 2 is 1.78 bits per heavy atom. The second-order valence-corrected chi connectivity index (χ2v) is 4.36. The van der Waals surface area contributed by atoms with Gasteiger partial charge in [-0.3, -0.25) is 0 Å². The van der Waals surface area contributed by atoms with Crippen LogP contribution in [0.2, 0.25) is 0 Å². The van der Waals surface area contributed by atoms with Gasteiger partial charge in [0.2, 0.25) is 0 Å². The molecule has 0 amide bonds. The van der Waals surface area contributed by atoms with Gasteiger partial charge in [0.15, 0.2) is 11.5 Å². The number of halogens is 1. The number of aromatic nitrogens is 3. The molecule has 1 heterocycles. The SMILES string of the molecule is COc1cc(Br)c(CNn2cnnc2)cc1OC. The molecule has 0 spiro atoms. The maximum Gasteiger partial charge on any atom is 0.161 e. The Morgan fingerprint density at radius 1 is 1.17 bits per heavy atom. The molecule has 0 unspecified atom stereocenters. The van der Waals surface area contributed by atoms with E-state index >= 15 is 0 Å². The van der Waals surface area contributed by atoms with E-state index in [-0.39, 0.29) is 0 Å². The van der Waals surface area contributed by atoms with Crippen molar-refractivity contribution in [1.82, 2.24) is 14.9 Å². The van der Waals surface area contributed by atoms with Crippen molar-refractivity contribution in [3.63, 3.8) is 0 Å². The highest BCUT2D eigenvalue weighted by molar-refractivity contribution is 9.10. The molecule has 2 aromatic rings. The summed E-state index contributed by atoms with van der Waals surface area (Å²) in [5.74, 6) is 1.39. The fourth-order valence-corrected chi connectivity index (χ4v) is 1.95. The monoisotopic (exact) mass is 312 g/mol. The first-order valence-electron chi connectivity index (χ1n) is 5.23. The van der Waals surface area contributed by atoms with Crippen LogP contribution in [0.15, 0.2) is 29.3 Å². The summed E-state index contributed by atoms with van der Waals surface area (Å²) >= 11 is 3.50. The van der Waals surface area contributed by atoms with Crippen molar-refractivity contribution in [1.29, 1.82) is 0 Å². The molecule has 0 bridgehead atoms. The smallest absolute Gasteiger partial charge is 0.161 e. The fraction of sp³-hybridized carbons (Fsp3) is 0.273. The topological polar surface area (TPSA) is 61.2 Å². The lowest BCUT2D eigenvalue weighted by atomic mass is 10.2. The van der Waals surface area contributed by atoms with Crippen LogP contribution in [0.5, 0.6) is 11.5 Å². The second kappa shape index (κ2) is 5.72. The van der Waals surface area contributed by atoms with Crippen molar-refractivity contribution < 1.29 is 9.47 Å². The summed E-state index contributed by atoms with van der Waals surface area (Å²) in [5, 5.41) is 7.42. The summed E-state index contributed by atoms with van der Waals surface area (Å²) in [7, 11) is 3.22. The minimum absolute atomic E-state index is 0.610. The van der Waals surface area contributed by atoms with Crippen LogP contribution in [0.3, 0.4) is 0 Å². The molecule has 0 aliphatic carbocycles. The molecule has 1 N–H and O–H groups in total. The zero-order valence-electron chi connectivity index (χ0n) is 10.1. The van der Waals surface area contributed by atoms with Crippen LogP contribution in [0, 0.1) is 0 Å². The van der Waals surface area contributed by atoms with Crippen molar-refractivity contribution in [2.45, 2.75) is 6.54 Å². The molecular weight excluding hydrogens is 300 g/mol. The molecule has 6 nitrogen and oxygen atoms in total.